The van der Waals surface area contributed by atoms with Gasteiger partial charge in [0.05, 0.1) is 7.11 Å². The fourth-order valence-electron chi connectivity index (χ4n) is 2.80. The third-order valence-electron chi connectivity index (χ3n) is 4.41. The van der Waals surface area contributed by atoms with Gasteiger partial charge in [0.1, 0.15) is 5.75 Å². The predicted molar refractivity (Wildman–Crippen MR) is 116 cm³/mol. The number of anilines is 1. The van der Waals surface area contributed by atoms with Gasteiger partial charge in [0, 0.05) is 22.9 Å². The lowest BCUT2D eigenvalue weighted by Crippen LogP contribution is -2.11. The van der Waals surface area contributed by atoms with E-state index in [-0.39, 0.29) is 5.91 Å². The van der Waals surface area contributed by atoms with Crippen molar-refractivity contribution in [3.05, 3.63) is 95.9 Å². The van der Waals surface area contributed by atoms with Crippen LogP contribution in [0.25, 0.3) is 23.5 Å². The maximum atomic E-state index is 12.4. The molecule has 0 bridgehead atoms. The van der Waals surface area contributed by atoms with Crippen LogP contribution in [-0.4, -0.2) is 23.2 Å². The maximum Gasteiger partial charge on any atom is 0.255 e. The number of rotatable bonds is 6. The summed E-state index contributed by atoms with van der Waals surface area (Å²) in [5, 5.41) is 6.88. The van der Waals surface area contributed by atoms with Gasteiger partial charge < -0.3 is 14.6 Å². The molecule has 1 N–H and O–H groups in total. The second-order valence-electron chi connectivity index (χ2n) is 6.46. The summed E-state index contributed by atoms with van der Waals surface area (Å²) in [5.41, 5.74) is 3.06. The van der Waals surface area contributed by atoms with Gasteiger partial charge in [0.15, 0.2) is 0 Å². The zero-order chi connectivity index (χ0) is 20.8. The highest BCUT2D eigenvalue weighted by molar-refractivity contribution is 6.04. The van der Waals surface area contributed by atoms with Crippen LogP contribution < -0.4 is 10.1 Å². The molecule has 4 rings (SSSR count). The van der Waals surface area contributed by atoms with Crippen molar-refractivity contribution in [1.29, 1.82) is 0 Å². The van der Waals surface area contributed by atoms with Crippen LogP contribution >= 0.6 is 0 Å². The number of nitrogens with zero attached hydrogens (tertiary/aromatic N) is 2. The summed E-state index contributed by atoms with van der Waals surface area (Å²) < 4.78 is 10.4. The molecule has 0 atom stereocenters. The molecule has 0 spiro atoms. The van der Waals surface area contributed by atoms with Crippen LogP contribution in [-0.2, 0) is 0 Å². The predicted octanol–water partition coefficient (Wildman–Crippen LogP) is 5.17. The number of carbonyl (C=O) groups is 1. The molecule has 3 aromatic carbocycles. The van der Waals surface area contributed by atoms with Crippen LogP contribution in [0.4, 0.5) is 5.69 Å². The van der Waals surface area contributed by atoms with Gasteiger partial charge in [-0.1, -0.05) is 35.5 Å². The highest BCUT2D eigenvalue weighted by Crippen LogP contribution is 2.20. The van der Waals surface area contributed by atoms with Gasteiger partial charge in [-0.3, -0.25) is 4.79 Å². The third kappa shape index (κ3) is 4.62. The molecule has 6 nitrogen and oxygen atoms in total. The van der Waals surface area contributed by atoms with Crippen LogP contribution in [0.15, 0.2) is 83.4 Å². The molecule has 4 aromatic rings. The van der Waals surface area contributed by atoms with Crippen LogP contribution in [0.2, 0.25) is 0 Å². The number of aromatic nitrogens is 2. The third-order valence-corrected chi connectivity index (χ3v) is 4.41. The molecule has 148 valence electrons. The maximum absolute atomic E-state index is 12.4. The van der Waals surface area contributed by atoms with Crippen molar-refractivity contribution in [1.82, 2.24) is 10.1 Å². The number of amides is 1. The van der Waals surface area contributed by atoms with Gasteiger partial charge in [-0.15, -0.1) is 0 Å². The van der Waals surface area contributed by atoms with E-state index in [2.05, 4.69) is 15.5 Å². The lowest BCUT2D eigenvalue weighted by atomic mass is 10.1. The molecule has 0 fully saturated rings. The first-order valence-electron chi connectivity index (χ1n) is 9.34. The number of nitrogens with one attached hydrogen (secondary N) is 1. The van der Waals surface area contributed by atoms with Crippen LogP contribution in [0, 0.1) is 0 Å². The van der Waals surface area contributed by atoms with Gasteiger partial charge in [-0.25, -0.2) is 0 Å². The summed E-state index contributed by atoms with van der Waals surface area (Å²) in [5.74, 6) is 1.41. The average Bonchev–Trinajstić information content (AvgIpc) is 3.28. The van der Waals surface area contributed by atoms with E-state index in [9.17, 15) is 4.79 Å². The molecule has 1 heterocycles. The van der Waals surface area contributed by atoms with Crippen molar-refractivity contribution >= 4 is 23.7 Å². The van der Waals surface area contributed by atoms with E-state index in [1.165, 1.54) is 0 Å². The second-order valence-corrected chi connectivity index (χ2v) is 6.46. The molecule has 1 aromatic heterocycles. The number of methoxy groups -OCH3 is 1. The minimum Gasteiger partial charge on any atom is -0.497 e. The first-order chi connectivity index (χ1) is 14.7. The number of carbonyl (C=O) groups excluding carboxylic acids is 1. The Balaban J connectivity index is 1.41. The Morgan fingerprint density at radius 2 is 1.67 bits per heavy atom. The van der Waals surface area contributed by atoms with E-state index in [1.54, 1.807) is 49.6 Å². The van der Waals surface area contributed by atoms with E-state index >= 15 is 0 Å². The molecular formula is C24H19N3O3. The summed E-state index contributed by atoms with van der Waals surface area (Å²) in [7, 11) is 1.59. The Morgan fingerprint density at radius 3 is 2.37 bits per heavy atom. The Labute approximate surface area is 173 Å². The van der Waals surface area contributed by atoms with Gasteiger partial charge in [0.25, 0.3) is 11.8 Å². The topological polar surface area (TPSA) is 77.2 Å². The van der Waals surface area contributed by atoms with E-state index in [0.29, 0.717) is 28.7 Å². The van der Waals surface area contributed by atoms with Crippen LogP contribution in [0.3, 0.4) is 0 Å². The fraction of sp³-hybridized carbons (Fsp3) is 0.0417. The van der Waals surface area contributed by atoms with Gasteiger partial charge in [0.2, 0.25) is 5.82 Å². The number of ether oxygens (including phenoxy) is 1. The van der Waals surface area contributed by atoms with Crippen molar-refractivity contribution in [3.63, 3.8) is 0 Å². The van der Waals surface area contributed by atoms with Crippen molar-refractivity contribution < 1.29 is 14.1 Å². The van der Waals surface area contributed by atoms with Crippen molar-refractivity contribution in [3.8, 4) is 17.1 Å². The molecule has 30 heavy (non-hydrogen) atoms. The van der Waals surface area contributed by atoms with E-state index in [4.69, 9.17) is 9.26 Å². The SMILES string of the molecule is COc1ccc(C(=O)Nc2ccc(-c3noc(/C=C/c4ccccc4)n3)cc2)cc1. The largest absolute Gasteiger partial charge is 0.497 e. The first-order valence-corrected chi connectivity index (χ1v) is 9.34. The zero-order valence-electron chi connectivity index (χ0n) is 16.3. The molecule has 6 heteroatoms. The minimum atomic E-state index is -0.196. The highest BCUT2D eigenvalue weighted by Gasteiger charge is 2.09. The highest BCUT2D eigenvalue weighted by atomic mass is 16.5. The van der Waals surface area contributed by atoms with Gasteiger partial charge >= 0.3 is 0 Å². The quantitative estimate of drug-likeness (QED) is 0.486. The van der Waals surface area contributed by atoms with Crippen molar-refractivity contribution in [2.45, 2.75) is 0 Å². The molecule has 0 saturated heterocycles. The van der Waals surface area contributed by atoms with E-state index in [1.807, 2.05) is 48.5 Å². The molecule has 0 radical (unpaired) electrons. The Kier molecular flexibility index (Phi) is 5.66. The van der Waals surface area contributed by atoms with Crippen molar-refractivity contribution in [2.24, 2.45) is 0 Å². The summed E-state index contributed by atoms with van der Waals surface area (Å²) in [6.07, 6.45) is 3.68. The fourth-order valence-corrected chi connectivity index (χ4v) is 2.80. The number of hydrogen-bond acceptors (Lipinski definition) is 5. The summed E-state index contributed by atoms with van der Waals surface area (Å²) in [6.45, 7) is 0. The molecule has 1 amide bonds. The number of hydrogen-bond donors (Lipinski definition) is 1. The smallest absolute Gasteiger partial charge is 0.255 e. The molecular weight excluding hydrogens is 378 g/mol. The lowest BCUT2D eigenvalue weighted by molar-refractivity contribution is 0.102. The molecule has 0 unspecified atom stereocenters. The number of benzene rings is 3. The molecule has 0 aliphatic heterocycles. The minimum absolute atomic E-state index is 0.196. The standard InChI is InChI=1S/C24H19N3O3/c1-29-21-14-10-19(11-15-21)24(28)25-20-12-8-18(9-13-20)23-26-22(30-27-23)16-7-17-5-3-2-4-6-17/h2-16H,1H3,(H,25,28)/b16-7+. The average molecular weight is 397 g/mol. The Bertz CT molecular complexity index is 1150. The van der Waals surface area contributed by atoms with Crippen LogP contribution in [0.1, 0.15) is 21.8 Å². The summed E-state index contributed by atoms with van der Waals surface area (Å²) in [6, 6.07) is 24.1. The first kappa shape index (κ1) is 19.1. The van der Waals surface area contributed by atoms with Gasteiger partial charge in [-0.05, 0) is 60.2 Å². The van der Waals surface area contributed by atoms with E-state index < -0.39 is 0 Å². The van der Waals surface area contributed by atoms with E-state index in [0.717, 1.165) is 11.1 Å². The normalized spacial score (nSPS) is 10.8. The second kappa shape index (κ2) is 8.87. The molecule has 0 aliphatic rings. The van der Waals surface area contributed by atoms with Crippen molar-refractivity contribution in [2.75, 3.05) is 12.4 Å². The Hall–Kier alpha value is -4.19. The summed E-state index contributed by atoms with van der Waals surface area (Å²) >= 11 is 0. The monoisotopic (exact) mass is 397 g/mol. The molecule has 0 aliphatic carbocycles. The molecule has 0 saturated carbocycles. The zero-order valence-corrected chi connectivity index (χ0v) is 16.3. The Morgan fingerprint density at radius 1 is 0.933 bits per heavy atom. The van der Waals surface area contributed by atoms with Gasteiger partial charge in [-0.2, -0.15) is 4.98 Å². The lowest BCUT2D eigenvalue weighted by Gasteiger charge is -2.06. The summed E-state index contributed by atoms with van der Waals surface area (Å²) in [4.78, 5) is 16.7. The van der Waals surface area contributed by atoms with Crippen LogP contribution in [0.5, 0.6) is 5.75 Å².